The lowest BCUT2D eigenvalue weighted by Crippen LogP contribution is -2.13. The van der Waals surface area contributed by atoms with Gasteiger partial charge >= 0.3 is 8.60 Å². The van der Waals surface area contributed by atoms with Gasteiger partial charge in [0, 0.05) is 0 Å². The van der Waals surface area contributed by atoms with Crippen molar-refractivity contribution in [3.05, 3.63) is 35.4 Å². The Kier molecular flexibility index (Phi) is 27.7. The zero-order valence-electron chi connectivity index (χ0n) is 29.3. The van der Waals surface area contributed by atoms with Crippen LogP contribution in [-0.2, 0) is 16.4 Å². The largest absolute Gasteiger partial charge is 0.328 e. The summed E-state index contributed by atoms with van der Waals surface area (Å²) in [7, 11) is -2.22. The molecule has 0 aromatic heterocycles. The summed E-state index contributed by atoms with van der Waals surface area (Å²) >= 11 is 0. The minimum atomic E-state index is -2.22. The van der Waals surface area contributed by atoms with Gasteiger partial charge in [0.25, 0.3) is 0 Å². The van der Waals surface area contributed by atoms with Crippen molar-refractivity contribution in [3.8, 4) is 0 Å². The molecule has 0 amide bonds. The number of aryl methyl sites for hydroxylation is 1. The van der Waals surface area contributed by atoms with Gasteiger partial charge in [-0.3, -0.25) is 0 Å². The number of rotatable bonds is 25. The van der Waals surface area contributed by atoms with Crippen LogP contribution in [0.4, 0.5) is 0 Å². The van der Waals surface area contributed by atoms with E-state index in [0.29, 0.717) is 5.92 Å². The molecule has 0 saturated carbocycles. The fourth-order valence-corrected chi connectivity index (χ4v) is 6.00. The van der Waals surface area contributed by atoms with Gasteiger partial charge in [0.15, 0.2) is 0 Å². The standard InChI is InChI=1S/C24H51O3P.C14H22/c1-4-5-6-7-8-9-10-11-12-13-14-15-16-17-18-19-20-21-24(22-23(2)3)27-28(25)26;1-5-6-8-12-9-7-10-13(11-12)14(2,3)4/h23-26H,4-22H2,1-3H3;7,9-11H,5-6,8H2,1-4H3. The van der Waals surface area contributed by atoms with Gasteiger partial charge in [-0.25, -0.2) is 0 Å². The van der Waals surface area contributed by atoms with Gasteiger partial charge < -0.3 is 14.3 Å². The molecule has 248 valence electrons. The number of hydrogen-bond acceptors (Lipinski definition) is 3. The zero-order chi connectivity index (χ0) is 31.5. The molecule has 0 fully saturated rings. The monoisotopic (exact) mass is 609 g/mol. The van der Waals surface area contributed by atoms with Crippen LogP contribution in [0.3, 0.4) is 0 Å². The molecule has 1 unspecified atom stereocenters. The molecule has 1 atom stereocenters. The predicted octanol–water partition coefficient (Wildman–Crippen LogP) is 13.0. The van der Waals surface area contributed by atoms with E-state index in [-0.39, 0.29) is 11.5 Å². The summed E-state index contributed by atoms with van der Waals surface area (Å²) in [4.78, 5) is 18.2. The molecular formula is C38H73O3P. The van der Waals surface area contributed by atoms with E-state index in [1.807, 2.05) is 0 Å². The number of unbranched alkanes of at least 4 members (excludes halogenated alkanes) is 17. The summed E-state index contributed by atoms with van der Waals surface area (Å²) in [6.45, 7) is 15.6. The molecule has 3 nitrogen and oxygen atoms in total. The van der Waals surface area contributed by atoms with Crippen molar-refractivity contribution in [2.75, 3.05) is 0 Å². The van der Waals surface area contributed by atoms with Crippen LogP contribution in [0.5, 0.6) is 0 Å². The first-order chi connectivity index (χ1) is 20.1. The van der Waals surface area contributed by atoms with E-state index in [1.165, 1.54) is 133 Å². The Balaban J connectivity index is 0.000000996. The van der Waals surface area contributed by atoms with Gasteiger partial charge in [-0.2, -0.15) is 0 Å². The summed E-state index contributed by atoms with van der Waals surface area (Å²) in [5.41, 5.74) is 3.22. The Morgan fingerprint density at radius 2 is 1.12 bits per heavy atom. The quantitative estimate of drug-likeness (QED) is 0.0857. The smallest absolute Gasteiger partial charge is 0.327 e. The summed E-state index contributed by atoms with van der Waals surface area (Å²) in [6.07, 6.45) is 29.2. The first-order valence-electron chi connectivity index (χ1n) is 18.0. The molecule has 2 N–H and O–H groups in total. The van der Waals surface area contributed by atoms with Gasteiger partial charge in [-0.15, -0.1) is 0 Å². The minimum Gasteiger partial charge on any atom is -0.328 e. The Bertz CT molecular complexity index is 688. The van der Waals surface area contributed by atoms with Crippen molar-refractivity contribution in [2.45, 2.75) is 201 Å². The van der Waals surface area contributed by atoms with E-state index in [9.17, 15) is 0 Å². The molecule has 0 radical (unpaired) electrons. The molecule has 0 aliphatic carbocycles. The van der Waals surface area contributed by atoms with E-state index in [1.54, 1.807) is 0 Å². The van der Waals surface area contributed by atoms with E-state index in [0.717, 1.165) is 19.3 Å². The lowest BCUT2D eigenvalue weighted by molar-refractivity contribution is 0.138. The SMILES string of the molecule is CCCCCCCCCCCCCCCCCCCC(CC(C)C)OP(O)O.CCCCc1cccc(C(C)(C)C)c1. The lowest BCUT2D eigenvalue weighted by Gasteiger charge is -2.19. The summed E-state index contributed by atoms with van der Waals surface area (Å²) in [5.74, 6) is 0.533. The Labute approximate surface area is 265 Å². The normalized spacial score (nSPS) is 12.5. The summed E-state index contributed by atoms with van der Waals surface area (Å²) < 4.78 is 5.27. The molecule has 0 bridgehead atoms. The van der Waals surface area contributed by atoms with Crippen LogP contribution in [0.15, 0.2) is 24.3 Å². The van der Waals surface area contributed by atoms with Crippen LogP contribution in [0.1, 0.15) is 194 Å². The van der Waals surface area contributed by atoms with Crippen molar-refractivity contribution in [3.63, 3.8) is 0 Å². The highest BCUT2D eigenvalue weighted by molar-refractivity contribution is 7.39. The zero-order valence-corrected chi connectivity index (χ0v) is 30.2. The number of hydrogen-bond donors (Lipinski definition) is 2. The van der Waals surface area contributed by atoms with Gasteiger partial charge in [-0.05, 0) is 48.1 Å². The highest BCUT2D eigenvalue weighted by Crippen LogP contribution is 2.31. The highest BCUT2D eigenvalue weighted by Gasteiger charge is 2.15. The molecule has 0 spiro atoms. The minimum absolute atomic E-state index is 0.0115. The third-order valence-electron chi connectivity index (χ3n) is 8.22. The average Bonchev–Trinajstić information content (AvgIpc) is 2.93. The van der Waals surface area contributed by atoms with Crippen LogP contribution in [-0.4, -0.2) is 15.9 Å². The second-order valence-electron chi connectivity index (χ2n) is 14.1. The van der Waals surface area contributed by atoms with Crippen molar-refractivity contribution in [1.29, 1.82) is 0 Å². The molecule has 4 heteroatoms. The van der Waals surface area contributed by atoms with Gasteiger partial charge in [0.05, 0.1) is 6.10 Å². The lowest BCUT2D eigenvalue weighted by atomic mass is 9.86. The summed E-state index contributed by atoms with van der Waals surface area (Å²) in [5, 5.41) is 0. The van der Waals surface area contributed by atoms with Crippen LogP contribution in [0.2, 0.25) is 0 Å². The first-order valence-corrected chi connectivity index (χ1v) is 19.2. The molecule has 0 heterocycles. The third-order valence-corrected chi connectivity index (χ3v) is 8.71. The van der Waals surface area contributed by atoms with E-state index < -0.39 is 8.60 Å². The van der Waals surface area contributed by atoms with Crippen LogP contribution in [0.25, 0.3) is 0 Å². The second kappa shape index (κ2) is 28.0. The second-order valence-corrected chi connectivity index (χ2v) is 14.8. The average molecular weight is 609 g/mol. The van der Waals surface area contributed by atoms with Crippen molar-refractivity contribution < 1.29 is 14.3 Å². The maximum Gasteiger partial charge on any atom is 0.327 e. The van der Waals surface area contributed by atoms with Crippen molar-refractivity contribution >= 4 is 8.60 Å². The topological polar surface area (TPSA) is 49.7 Å². The number of benzene rings is 1. The Morgan fingerprint density at radius 3 is 1.52 bits per heavy atom. The molecule has 1 rings (SSSR count). The molecular weight excluding hydrogens is 535 g/mol. The van der Waals surface area contributed by atoms with Crippen LogP contribution >= 0.6 is 8.60 Å². The van der Waals surface area contributed by atoms with Crippen LogP contribution in [0, 0.1) is 5.92 Å². The van der Waals surface area contributed by atoms with Crippen LogP contribution < -0.4 is 0 Å². The van der Waals surface area contributed by atoms with E-state index >= 15 is 0 Å². The van der Waals surface area contributed by atoms with Crippen molar-refractivity contribution in [1.82, 2.24) is 0 Å². The molecule has 42 heavy (non-hydrogen) atoms. The Morgan fingerprint density at radius 1 is 0.667 bits per heavy atom. The van der Waals surface area contributed by atoms with Crippen molar-refractivity contribution in [2.24, 2.45) is 5.92 Å². The maximum atomic E-state index is 9.08. The fraction of sp³-hybridized carbons (Fsp3) is 0.842. The molecule has 0 aliphatic heterocycles. The Hall–Kier alpha value is -0.470. The molecule has 0 saturated heterocycles. The molecule has 0 aliphatic rings. The summed E-state index contributed by atoms with van der Waals surface area (Å²) in [6, 6.07) is 9.02. The third kappa shape index (κ3) is 27.1. The first kappa shape index (κ1) is 41.5. The molecule has 1 aromatic rings. The highest BCUT2D eigenvalue weighted by atomic mass is 31.2. The fourth-order valence-electron chi connectivity index (χ4n) is 5.54. The predicted molar refractivity (Wildman–Crippen MR) is 188 cm³/mol. The molecule has 1 aromatic carbocycles. The van der Waals surface area contributed by atoms with E-state index in [4.69, 9.17) is 14.3 Å². The van der Waals surface area contributed by atoms with Gasteiger partial charge in [-0.1, -0.05) is 188 Å². The van der Waals surface area contributed by atoms with Gasteiger partial charge in [0.2, 0.25) is 0 Å². The maximum absolute atomic E-state index is 9.08. The van der Waals surface area contributed by atoms with Gasteiger partial charge in [0.1, 0.15) is 0 Å². The van der Waals surface area contributed by atoms with E-state index in [2.05, 4.69) is 72.7 Å².